The van der Waals surface area contributed by atoms with Gasteiger partial charge in [0.15, 0.2) is 0 Å². The molecule has 8 nitrogen and oxygen atoms in total. The van der Waals surface area contributed by atoms with E-state index in [1.165, 1.54) is 0 Å². The van der Waals surface area contributed by atoms with Gasteiger partial charge in [-0.05, 0) is 115 Å². The van der Waals surface area contributed by atoms with Gasteiger partial charge in [-0.1, -0.05) is 0 Å². The molecule has 230 valence electrons. The number of Topliss-reactive ketones (excluding diaryl/α,β-unsaturated/α-hetero) is 1. The maximum atomic E-state index is 13.4. The van der Waals surface area contributed by atoms with Crippen LogP contribution in [0.1, 0.15) is 115 Å². The monoisotopic (exact) mass is 561 g/mol. The molecule has 0 spiro atoms. The first-order chi connectivity index (χ1) is 18.0. The van der Waals surface area contributed by atoms with Crippen molar-refractivity contribution in [3.63, 3.8) is 0 Å². The number of nitrogens with one attached hydrogen (secondary N) is 5. The number of carbonyl (C=O) groups excluding carboxylic acids is 3. The standard InChI is InChI=1S/C32H59N5O3/c1-27(2)15-21(30(7,8)35-27)24(38)14-13-20(18-33-25(39)22-16-28(3,4)36-31(22,9)10)19-34-26(40)23-17-29(5,6)37-32(23,11)12/h20-23,35-37H,13-19H2,1-12H3,(H,33,39)(H,34,40). The molecule has 40 heavy (non-hydrogen) atoms. The Kier molecular flexibility index (Phi) is 9.04. The van der Waals surface area contributed by atoms with E-state index in [-0.39, 0.29) is 74.5 Å². The Morgan fingerprint density at radius 1 is 0.600 bits per heavy atom. The van der Waals surface area contributed by atoms with Crippen LogP contribution in [0.5, 0.6) is 0 Å². The van der Waals surface area contributed by atoms with Crippen LogP contribution in [0.2, 0.25) is 0 Å². The third-order valence-electron chi connectivity index (χ3n) is 9.69. The Morgan fingerprint density at radius 2 is 0.925 bits per heavy atom. The topological polar surface area (TPSA) is 111 Å². The van der Waals surface area contributed by atoms with Crippen molar-refractivity contribution in [2.45, 2.75) is 148 Å². The summed E-state index contributed by atoms with van der Waals surface area (Å²) < 4.78 is 0. The average Bonchev–Trinajstić information content (AvgIpc) is 3.24. The molecular weight excluding hydrogens is 502 g/mol. The largest absolute Gasteiger partial charge is 0.355 e. The van der Waals surface area contributed by atoms with E-state index in [4.69, 9.17) is 0 Å². The highest BCUT2D eigenvalue weighted by molar-refractivity contribution is 5.83. The predicted octanol–water partition coefficient (Wildman–Crippen LogP) is 3.68. The molecule has 0 aromatic rings. The van der Waals surface area contributed by atoms with Gasteiger partial charge in [0.2, 0.25) is 11.8 Å². The van der Waals surface area contributed by atoms with Crippen molar-refractivity contribution in [2.24, 2.45) is 23.7 Å². The minimum Gasteiger partial charge on any atom is -0.355 e. The normalized spacial score (nSPS) is 31.4. The highest BCUT2D eigenvalue weighted by atomic mass is 16.2. The number of amides is 2. The maximum absolute atomic E-state index is 13.4. The second kappa shape index (κ2) is 11.0. The minimum absolute atomic E-state index is 0.0293. The molecule has 8 heteroatoms. The molecule has 2 amide bonds. The highest BCUT2D eigenvalue weighted by Crippen LogP contribution is 2.38. The minimum atomic E-state index is -0.297. The number of hydrogen-bond donors (Lipinski definition) is 5. The fraction of sp³-hybridized carbons (Fsp3) is 0.906. The highest BCUT2D eigenvalue weighted by Gasteiger charge is 2.49. The second-order valence-corrected chi connectivity index (χ2v) is 16.8. The molecule has 0 saturated carbocycles. The lowest BCUT2D eigenvalue weighted by Crippen LogP contribution is -2.50. The zero-order valence-corrected chi connectivity index (χ0v) is 27.5. The van der Waals surface area contributed by atoms with Gasteiger partial charge in [0.05, 0.1) is 11.8 Å². The SMILES string of the molecule is CC1(C)CC(C(=O)CCC(CNC(=O)C2CC(C)(C)NC2(C)C)CNC(=O)C2CC(C)(C)NC2(C)C)C(C)(C)N1. The van der Waals surface area contributed by atoms with Crippen molar-refractivity contribution in [3.8, 4) is 0 Å². The fourth-order valence-corrected chi connectivity index (χ4v) is 8.22. The Balaban J connectivity index is 1.66. The van der Waals surface area contributed by atoms with Crippen LogP contribution < -0.4 is 26.6 Å². The first-order valence-corrected chi connectivity index (χ1v) is 15.4. The van der Waals surface area contributed by atoms with Crippen LogP contribution in [0.25, 0.3) is 0 Å². The van der Waals surface area contributed by atoms with Gasteiger partial charge in [0.25, 0.3) is 0 Å². The summed E-state index contributed by atoms with van der Waals surface area (Å²) in [5.74, 6) is -0.0191. The molecule has 0 radical (unpaired) electrons. The molecule has 3 aliphatic heterocycles. The lowest BCUT2D eigenvalue weighted by molar-refractivity contribution is -0.126. The summed E-state index contributed by atoms with van der Waals surface area (Å²) in [4.78, 5) is 40.1. The van der Waals surface area contributed by atoms with Crippen LogP contribution in [-0.4, -0.2) is 63.9 Å². The first-order valence-electron chi connectivity index (χ1n) is 15.4. The average molecular weight is 562 g/mol. The van der Waals surface area contributed by atoms with Crippen molar-refractivity contribution < 1.29 is 14.4 Å². The second-order valence-electron chi connectivity index (χ2n) is 16.8. The van der Waals surface area contributed by atoms with Crippen molar-refractivity contribution in [3.05, 3.63) is 0 Å². The summed E-state index contributed by atoms with van der Waals surface area (Å²) in [5, 5.41) is 17.2. The van der Waals surface area contributed by atoms with Gasteiger partial charge in [0.1, 0.15) is 5.78 Å². The maximum Gasteiger partial charge on any atom is 0.225 e. The molecule has 3 atom stereocenters. The van der Waals surface area contributed by atoms with Crippen molar-refractivity contribution in [2.75, 3.05) is 13.1 Å². The Hall–Kier alpha value is -1.51. The molecule has 0 aliphatic carbocycles. The smallest absolute Gasteiger partial charge is 0.225 e. The Bertz CT molecular complexity index is 857. The summed E-state index contributed by atoms with van der Waals surface area (Å²) >= 11 is 0. The Morgan fingerprint density at radius 3 is 1.23 bits per heavy atom. The zero-order chi connectivity index (χ0) is 30.5. The molecule has 3 saturated heterocycles. The summed E-state index contributed by atoms with van der Waals surface area (Å²) in [5.41, 5.74) is -1.12. The molecule has 0 aromatic heterocycles. The van der Waals surface area contributed by atoms with Crippen LogP contribution in [0.3, 0.4) is 0 Å². The van der Waals surface area contributed by atoms with Crippen molar-refractivity contribution in [1.29, 1.82) is 0 Å². The van der Waals surface area contributed by atoms with Gasteiger partial charge in [-0.2, -0.15) is 0 Å². The van der Waals surface area contributed by atoms with Gasteiger partial charge in [-0.15, -0.1) is 0 Å². The molecule has 3 rings (SSSR count). The van der Waals surface area contributed by atoms with Crippen molar-refractivity contribution >= 4 is 17.6 Å². The molecule has 3 aliphatic rings. The summed E-state index contributed by atoms with van der Waals surface area (Å²) in [6.45, 7) is 26.3. The van der Waals surface area contributed by atoms with E-state index < -0.39 is 0 Å². The van der Waals surface area contributed by atoms with E-state index in [1.54, 1.807) is 0 Å². The summed E-state index contributed by atoms with van der Waals surface area (Å²) in [6.07, 6.45) is 3.42. The fourth-order valence-electron chi connectivity index (χ4n) is 8.22. The molecule has 3 fully saturated rings. The summed E-state index contributed by atoms with van der Waals surface area (Å²) in [6, 6.07) is 0. The van der Waals surface area contributed by atoms with Crippen LogP contribution in [0.15, 0.2) is 0 Å². The third kappa shape index (κ3) is 7.86. The predicted molar refractivity (Wildman–Crippen MR) is 162 cm³/mol. The van der Waals surface area contributed by atoms with Crippen LogP contribution in [0.4, 0.5) is 0 Å². The first kappa shape index (κ1) is 33.0. The number of ketones is 1. The van der Waals surface area contributed by atoms with Crippen LogP contribution >= 0.6 is 0 Å². The van der Waals surface area contributed by atoms with Gasteiger partial charge in [-0.25, -0.2) is 0 Å². The number of rotatable bonds is 10. The quantitative estimate of drug-likeness (QED) is 0.278. The summed E-state index contributed by atoms with van der Waals surface area (Å²) in [7, 11) is 0. The Labute approximate surface area is 243 Å². The number of carbonyl (C=O) groups is 3. The van der Waals surface area contributed by atoms with Gasteiger partial charge in [-0.3, -0.25) is 14.4 Å². The molecule has 3 unspecified atom stereocenters. The molecule has 0 aromatic carbocycles. The van der Waals surface area contributed by atoms with E-state index in [2.05, 4.69) is 110 Å². The van der Waals surface area contributed by atoms with Gasteiger partial charge < -0.3 is 26.6 Å². The third-order valence-corrected chi connectivity index (χ3v) is 9.69. The van der Waals surface area contributed by atoms with Gasteiger partial charge >= 0.3 is 0 Å². The van der Waals surface area contributed by atoms with E-state index in [1.807, 2.05) is 0 Å². The van der Waals surface area contributed by atoms with E-state index in [9.17, 15) is 14.4 Å². The molecular formula is C32H59N5O3. The lowest BCUT2D eigenvalue weighted by atomic mass is 9.81. The van der Waals surface area contributed by atoms with Crippen molar-refractivity contribution in [1.82, 2.24) is 26.6 Å². The van der Waals surface area contributed by atoms with Gasteiger partial charge in [0, 0.05) is 58.7 Å². The van der Waals surface area contributed by atoms with E-state index in [0.29, 0.717) is 25.9 Å². The number of hydrogen-bond acceptors (Lipinski definition) is 6. The molecule has 3 heterocycles. The molecule has 5 N–H and O–H groups in total. The van der Waals surface area contributed by atoms with E-state index >= 15 is 0 Å². The molecule has 0 bridgehead atoms. The lowest BCUT2D eigenvalue weighted by Gasteiger charge is -2.29. The van der Waals surface area contributed by atoms with Crippen LogP contribution in [0, 0.1) is 23.7 Å². The van der Waals surface area contributed by atoms with Crippen LogP contribution in [-0.2, 0) is 14.4 Å². The zero-order valence-electron chi connectivity index (χ0n) is 27.5. The van der Waals surface area contributed by atoms with E-state index in [0.717, 1.165) is 19.3 Å².